The van der Waals surface area contributed by atoms with Gasteiger partial charge in [-0.15, -0.1) is 6.58 Å². The molecule has 0 aromatic rings. The molecule has 66 valence electrons. The van der Waals surface area contributed by atoms with E-state index in [4.69, 9.17) is 0 Å². The fourth-order valence-corrected chi connectivity index (χ4v) is 0.426. The van der Waals surface area contributed by atoms with Crippen LogP contribution in [0, 0.1) is 0 Å². The van der Waals surface area contributed by atoms with Crippen LogP contribution in [-0.2, 0) is 9.63 Å². The molecule has 0 saturated carbocycles. The van der Waals surface area contributed by atoms with Gasteiger partial charge in [-0.1, -0.05) is 12.7 Å². The number of carbonyl (C=O) groups is 2. The van der Waals surface area contributed by atoms with Crippen molar-refractivity contribution in [1.82, 2.24) is 5.48 Å². The molecular formula is C7H10N2O3. The molecule has 0 aliphatic carbocycles. The van der Waals surface area contributed by atoms with E-state index in [1.165, 1.54) is 6.08 Å². The van der Waals surface area contributed by atoms with E-state index in [0.29, 0.717) is 6.42 Å². The van der Waals surface area contributed by atoms with Crippen molar-refractivity contribution in [3.8, 4) is 0 Å². The summed E-state index contributed by atoms with van der Waals surface area (Å²) in [4.78, 5) is 25.1. The predicted molar refractivity (Wildman–Crippen MR) is 42.8 cm³/mol. The highest BCUT2D eigenvalue weighted by Crippen LogP contribution is 1.99. The highest BCUT2D eigenvalue weighted by atomic mass is 16.7. The molecule has 0 saturated heterocycles. The number of rotatable bonds is 3. The summed E-state index contributed by atoms with van der Waals surface area (Å²) in [5.74, 6) is -0.728. The number of urea groups is 1. The third-order valence-corrected chi connectivity index (χ3v) is 0.924. The summed E-state index contributed by atoms with van der Waals surface area (Å²) >= 11 is 0. The van der Waals surface area contributed by atoms with Gasteiger partial charge in [0.25, 0.3) is 0 Å². The number of allylic oxidation sites excluding steroid dienone is 1. The maximum absolute atomic E-state index is 10.8. The smallest absolute Gasteiger partial charge is 0.349 e. The summed E-state index contributed by atoms with van der Waals surface area (Å²) in [5.41, 5.74) is 6.51. The molecule has 0 unspecified atom stereocenters. The zero-order chi connectivity index (χ0) is 9.56. The first kappa shape index (κ1) is 10.2. The zero-order valence-corrected chi connectivity index (χ0v) is 6.50. The normalized spacial score (nSPS) is 8.33. The number of hydroxylamine groups is 1. The van der Waals surface area contributed by atoms with Crippen molar-refractivity contribution in [2.24, 2.45) is 5.73 Å². The van der Waals surface area contributed by atoms with E-state index >= 15 is 0 Å². The van der Waals surface area contributed by atoms with Crippen LogP contribution < -0.4 is 11.2 Å². The molecule has 3 N–H and O–H groups in total. The number of nitrogens with two attached hydrogens (primary N) is 1. The Morgan fingerprint density at radius 3 is 2.58 bits per heavy atom. The number of amides is 2. The first-order valence-electron chi connectivity index (χ1n) is 3.13. The maximum atomic E-state index is 10.8. The number of nitrogens with one attached hydrogen (secondary N) is 1. The van der Waals surface area contributed by atoms with Gasteiger partial charge in [0, 0.05) is 5.57 Å². The molecule has 5 heteroatoms. The van der Waals surface area contributed by atoms with Crippen LogP contribution in [0.2, 0.25) is 0 Å². The molecule has 0 bridgehead atoms. The SMILES string of the molecule is C=CCC(=C)C(=O)ONC(N)=O. The predicted octanol–water partition coefficient (Wildman–Crippen LogP) is 0.245. The highest BCUT2D eigenvalue weighted by Gasteiger charge is 2.07. The number of carbonyl (C=O) groups excluding carboxylic acids is 2. The summed E-state index contributed by atoms with van der Waals surface area (Å²) in [7, 11) is 0. The minimum absolute atomic E-state index is 0.193. The third kappa shape index (κ3) is 4.10. The Morgan fingerprint density at radius 1 is 1.58 bits per heavy atom. The van der Waals surface area contributed by atoms with Crippen molar-refractivity contribution in [2.45, 2.75) is 6.42 Å². The molecule has 0 radical (unpaired) electrons. The summed E-state index contributed by atoms with van der Waals surface area (Å²) < 4.78 is 0. The van der Waals surface area contributed by atoms with Gasteiger partial charge in [0.05, 0.1) is 0 Å². The van der Waals surface area contributed by atoms with Gasteiger partial charge < -0.3 is 10.6 Å². The Hall–Kier alpha value is -1.78. The van der Waals surface area contributed by atoms with Gasteiger partial charge in [0.2, 0.25) is 0 Å². The summed E-state index contributed by atoms with van der Waals surface area (Å²) in [6.07, 6.45) is 1.80. The second-order valence-corrected chi connectivity index (χ2v) is 1.95. The molecule has 0 aromatic carbocycles. The van der Waals surface area contributed by atoms with Crippen LogP contribution in [0.3, 0.4) is 0 Å². The van der Waals surface area contributed by atoms with Crippen LogP contribution in [0.5, 0.6) is 0 Å². The molecule has 0 spiro atoms. The van der Waals surface area contributed by atoms with Crippen molar-refractivity contribution in [3.05, 3.63) is 24.8 Å². The number of hydrogen-bond acceptors (Lipinski definition) is 3. The average Bonchev–Trinajstić information content (AvgIpc) is 2.00. The average molecular weight is 170 g/mol. The second kappa shape index (κ2) is 4.95. The minimum Gasteiger partial charge on any atom is -0.349 e. The van der Waals surface area contributed by atoms with Gasteiger partial charge >= 0.3 is 12.0 Å². The molecule has 0 aromatic heterocycles. The monoisotopic (exact) mass is 170 g/mol. The van der Waals surface area contributed by atoms with Crippen molar-refractivity contribution in [3.63, 3.8) is 0 Å². The summed E-state index contributed by atoms with van der Waals surface area (Å²) in [6, 6.07) is -0.935. The van der Waals surface area contributed by atoms with E-state index < -0.39 is 12.0 Å². The molecule has 0 aliphatic rings. The highest BCUT2D eigenvalue weighted by molar-refractivity contribution is 5.88. The molecule has 0 atom stereocenters. The lowest BCUT2D eigenvalue weighted by Crippen LogP contribution is -2.32. The van der Waals surface area contributed by atoms with Crippen molar-refractivity contribution < 1.29 is 14.4 Å². The van der Waals surface area contributed by atoms with Crippen molar-refractivity contribution in [1.29, 1.82) is 0 Å². The lowest BCUT2D eigenvalue weighted by molar-refractivity contribution is -0.143. The first-order chi connectivity index (χ1) is 5.57. The molecule has 5 nitrogen and oxygen atoms in total. The van der Waals surface area contributed by atoms with Gasteiger partial charge in [-0.25, -0.2) is 9.59 Å². The van der Waals surface area contributed by atoms with Gasteiger partial charge in [-0.05, 0) is 6.42 Å². The Bertz CT molecular complexity index is 223. The maximum Gasteiger partial charge on any atom is 0.358 e. The third-order valence-electron chi connectivity index (χ3n) is 0.924. The molecule has 2 amide bonds. The fourth-order valence-electron chi connectivity index (χ4n) is 0.426. The Balaban J connectivity index is 3.79. The van der Waals surface area contributed by atoms with E-state index in [0.717, 1.165) is 0 Å². The standard InChI is InChI=1S/C7H10N2O3/c1-3-4-5(2)6(10)12-9-7(8)11/h3H,1-2,4H2,(H3,8,9,11). The number of primary amides is 1. The summed E-state index contributed by atoms with van der Waals surface area (Å²) in [6.45, 7) is 6.78. The summed E-state index contributed by atoms with van der Waals surface area (Å²) in [5, 5.41) is 0. The van der Waals surface area contributed by atoms with E-state index in [1.807, 2.05) is 0 Å². The molecular weight excluding hydrogens is 160 g/mol. The second-order valence-electron chi connectivity index (χ2n) is 1.95. The van der Waals surface area contributed by atoms with Crippen LogP contribution in [0.4, 0.5) is 4.79 Å². The van der Waals surface area contributed by atoms with Crippen LogP contribution in [-0.4, -0.2) is 12.0 Å². The van der Waals surface area contributed by atoms with Crippen LogP contribution in [0.25, 0.3) is 0 Å². The largest absolute Gasteiger partial charge is 0.358 e. The lowest BCUT2D eigenvalue weighted by Gasteiger charge is -2.02. The zero-order valence-electron chi connectivity index (χ0n) is 6.50. The van der Waals surface area contributed by atoms with Crippen molar-refractivity contribution >= 4 is 12.0 Å². The first-order valence-corrected chi connectivity index (χ1v) is 3.13. The van der Waals surface area contributed by atoms with Gasteiger partial charge in [-0.2, -0.15) is 5.48 Å². The number of hydrogen-bond donors (Lipinski definition) is 2. The lowest BCUT2D eigenvalue weighted by atomic mass is 10.2. The van der Waals surface area contributed by atoms with Crippen LogP contribution >= 0.6 is 0 Å². The molecule has 0 fully saturated rings. The van der Waals surface area contributed by atoms with Crippen LogP contribution in [0.15, 0.2) is 24.8 Å². The molecule has 12 heavy (non-hydrogen) atoms. The van der Waals surface area contributed by atoms with E-state index in [9.17, 15) is 9.59 Å². The van der Waals surface area contributed by atoms with E-state index in [2.05, 4.69) is 23.7 Å². The van der Waals surface area contributed by atoms with Crippen LogP contribution in [0.1, 0.15) is 6.42 Å². The van der Waals surface area contributed by atoms with Gasteiger partial charge in [-0.3, -0.25) is 0 Å². The Labute approximate surface area is 69.8 Å². The van der Waals surface area contributed by atoms with Gasteiger partial charge in [0.1, 0.15) is 0 Å². The van der Waals surface area contributed by atoms with E-state index in [1.54, 1.807) is 5.48 Å². The molecule has 0 rings (SSSR count). The van der Waals surface area contributed by atoms with E-state index in [-0.39, 0.29) is 5.57 Å². The van der Waals surface area contributed by atoms with Gasteiger partial charge in [0.15, 0.2) is 0 Å². The topological polar surface area (TPSA) is 81.4 Å². The Morgan fingerprint density at radius 2 is 2.17 bits per heavy atom. The van der Waals surface area contributed by atoms with Crippen molar-refractivity contribution in [2.75, 3.05) is 0 Å². The Kier molecular flexibility index (Phi) is 4.21. The quantitative estimate of drug-likeness (QED) is 0.361. The fraction of sp³-hybridized carbons (Fsp3) is 0.143. The molecule has 0 aliphatic heterocycles. The molecule has 0 heterocycles. The minimum atomic E-state index is -0.935.